The minimum Gasteiger partial charge on any atom is -0.256 e. The quantitative estimate of drug-likeness (QED) is 0.676. The molecule has 0 aliphatic heterocycles. The first-order valence-electron chi connectivity index (χ1n) is 7.23. The number of aromatic nitrogens is 2. The molecule has 0 saturated carbocycles. The molecule has 0 N–H and O–H groups in total. The first kappa shape index (κ1) is 2.52. The molecule has 0 aliphatic carbocycles. The van der Waals surface area contributed by atoms with Crippen LogP contribution in [0.5, 0.6) is 0 Å². The summed E-state index contributed by atoms with van der Waals surface area (Å²) in [4.78, 5) is 7.35. The van der Waals surface area contributed by atoms with Crippen LogP contribution in [0.4, 0.5) is 0 Å². The van der Waals surface area contributed by atoms with Gasteiger partial charge in [0.15, 0.2) is 0 Å². The fourth-order valence-corrected chi connectivity index (χ4v) is 0.711. The molecule has 0 bridgehead atoms. The molecule has 0 unspecified atom stereocenters. The van der Waals surface area contributed by atoms with Gasteiger partial charge in [0.2, 0.25) is 0 Å². The molecule has 0 fully saturated rings. The molecule has 0 aliphatic rings. The molecular formula is C8H11BrN2. The first-order valence-corrected chi connectivity index (χ1v) is 3.52. The summed E-state index contributed by atoms with van der Waals surface area (Å²) in [6.07, 6.45) is 1.92. The molecule has 2 nitrogen and oxygen atoms in total. The van der Waals surface area contributed by atoms with E-state index in [0.29, 0.717) is 0 Å². The third-order valence-corrected chi connectivity index (χ3v) is 1.41. The van der Waals surface area contributed by atoms with Gasteiger partial charge in [-0.1, -0.05) is 20.6 Å². The van der Waals surface area contributed by atoms with Crippen molar-refractivity contribution in [2.24, 2.45) is 0 Å². The van der Waals surface area contributed by atoms with E-state index < -0.39 is 31.7 Å². The molecule has 0 atom stereocenters. The van der Waals surface area contributed by atoms with Crippen LogP contribution in [-0.4, -0.2) is 9.97 Å². The van der Waals surface area contributed by atoms with Crippen LogP contribution in [0.25, 0.3) is 0 Å². The Bertz CT molecular complexity index is 437. The predicted octanol–water partition coefficient (Wildman–Crippen LogP) is 2.54. The zero-order valence-electron chi connectivity index (χ0n) is 14.4. The zero-order chi connectivity index (χ0) is 16.0. The van der Waals surface area contributed by atoms with Gasteiger partial charge >= 0.3 is 0 Å². The molecule has 0 aromatic carbocycles. The third kappa shape index (κ3) is 2.26. The van der Waals surface area contributed by atoms with E-state index in [1.165, 1.54) is 0 Å². The summed E-state index contributed by atoms with van der Waals surface area (Å²) >= 11 is 2.97. The number of halogens is 1. The van der Waals surface area contributed by atoms with Crippen molar-refractivity contribution >= 4 is 15.9 Å². The summed E-state index contributed by atoms with van der Waals surface area (Å²) in [6, 6.07) is 0. The van der Waals surface area contributed by atoms with Crippen molar-refractivity contribution in [1.29, 1.82) is 0 Å². The van der Waals surface area contributed by atoms with Crippen molar-refractivity contribution in [3.05, 3.63) is 22.7 Å². The Morgan fingerprint density at radius 2 is 2.09 bits per heavy atom. The van der Waals surface area contributed by atoms with Gasteiger partial charge in [0.25, 0.3) is 0 Å². The second-order valence-electron chi connectivity index (χ2n) is 1.97. The normalized spacial score (nSPS) is 27.2. The Morgan fingerprint density at radius 1 is 1.36 bits per heavy atom. The average molecular weight is 224 g/mol. The zero-order valence-corrected chi connectivity index (χ0v) is 7.01. The topological polar surface area (TPSA) is 25.8 Å². The number of rotatable bonds is 0. The van der Waals surface area contributed by atoms with E-state index in [-0.39, 0.29) is 4.60 Å². The monoisotopic (exact) mass is 223 g/mol. The maximum Gasteiger partial charge on any atom is 0.124 e. The Balaban J connectivity index is 3.77. The van der Waals surface area contributed by atoms with Crippen LogP contribution in [0.3, 0.4) is 0 Å². The Hall–Kier alpha value is -0.440. The maximum absolute atomic E-state index is 7.47. The smallest absolute Gasteiger partial charge is 0.124 e. The fraction of sp³-hybridized carbons (Fsp3) is 0.500. The summed E-state index contributed by atoms with van der Waals surface area (Å²) in [6.45, 7) is -9.94. The van der Waals surface area contributed by atoms with Crippen LogP contribution in [0.2, 0.25) is 0 Å². The minimum absolute atomic E-state index is 0.233. The van der Waals surface area contributed by atoms with Crippen molar-refractivity contribution in [1.82, 2.24) is 9.97 Å². The van der Waals surface area contributed by atoms with Crippen molar-refractivity contribution < 1.29 is 12.3 Å². The van der Waals surface area contributed by atoms with Crippen molar-refractivity contribution in [3.8, 4) is 0 Å². The molecule has 1 heterocycles. The van der Waals surface area contributed by atoms with E-state index in [2.05, 4.69) is 25.9 Å². The lowest BCUT2D eigenvalue weighted by atomic mass is 9.93. The van der Waals surface area contributed by atoms with Crippen LogP contribution in [-0.2, 0) is 5.41 Å². The molecular weight excluding hydrogens is 204 g/mol. The van der Waals surface area contributed by atoms with Gasteiger partial charge in [-0.25, -0.2) is 4.98 Å². The molecule has 0 saturated heterocycles. The van der Waals surface area contributed by atoms with Crippen LogP contribution < -0.4 is 0 Å². The van der Waals surface area contributed by atoms with Gasteiger partial charge < -0.3 is 0 Å². The summed E-state index contributed by atoms with van der Waals surface area (Å²) < 4.78 is 67.5. The SMILES string of the molecule is [2H]C([2H])([2H])C(c1cnc(Br)cn1)(C([2H])([2H])[2H])C([2H])([2H])[2H]. The molecule has 1 rings (SSSR count). The van der Waals surface area contributed by atoms with Gasteiger partial charge in [0.05, 0.1) is 18.1 Å². The first-order chi connectivity index (χ1) is 8.75. The van der Waals surface area contributed by atoms with Gasteiger partial charge in [0.1, 0.15) is 4.60 Å². The molecule has 60 valence electrons. The molecule has 11 heavy (non-hydrogen) atoms. The van der Waals surface area contributed by atoms with Gasteiger partial charge in [-0.15, -0.1) is 0 Å². The molecule has 3 heteroatoms. The highest BCUT2D eigenvalue weighted by Crippen LogP contribution is 2.19. The molecule has 1 aromatic heterocycles. The van der Waals surface area contributed by atoms with E-state index in [1.54, 1.807) is 0 Å². The summed E-state index contributed by atoms with van der Waals surface area (Å²) in [5.74, 6) is 0. The van der Waals surface area contributed by atoms with Crippen molar-refractivity contribution in [3.63, 3.8) is 0 Å². The highest BCUT2D eigenvalue weighted by molar-refractivity contribution is 9.10. The van der Waals surface area contributed by atoms with E-state index in [4.69, 9.17) is 12.3 Å². The van der Waals surface area contributed by atoms with Crippen LogP contribution >= 0.6 is 15.9 Å². The van der Waals surface area contributed by atoms with Gasteiger partial charge in [-0.2, -0.15) is 0 Å². The van der Waals surface area contributed by atoms with Crippen LogP contribution in [0.15, 0.2) is 17.0 Å². The summed E-state index contributed by atoms with van der Waals surface area (Å²) in [7, 11) is 0. The van der Waals surface area contributed by atoms with Crippen molar-refractivity contribution in [2.75, 3.05) is 0 Å². The van der Waals surface area contributed by atoms with E-state index >= 15 is 0 Å². The second kappa shape index (κ2) is 2.89. The Labute approximate surface area is 87.8 Å². The van der Waals surface area contributed by atoms with Crippen molar-refractivity contribution in [2.45, 2.75) is 26.0 Å². The minimum atomic E-state index is -3.31. The third-order valence-electron chi connectivity index (χ3n) is 1.00. The van der Waals surface area contributed by atoms with E-state index in [1.807, 2.05) is 0 Å². The van der Waals surface area contributed by atoms with Crippen LogP contribution in [0.1, 0.15) is 38.6 Å². The summed E-state index contributed by atoms with van der Waals surface area (Å²) in [5.41, 5.74) is -3.71. The lowest BCUT2D eigenvalue weighted by molar-refractivity contribution is 0.565. The van der Waals surface area contributed by atoms with Gasteiger partial charge in [0, 0.05) is 17.8 Å². The number of nitrogens with zero attached hydrogens (tertiary/aromatic N) is 2. The van der Waals surface area contributed by atoms with E-state index in [0.717, 1.165) is 12.4 Å². The fourth-order valence-electron chi connectivity index (χ4n) is 0.506. The molecule has 0 radical (unpaired) electrons. The molecule has 0 amide bonds. The Morgan fingerprint density at radius 3 is 2.55 bits per heavy atom. The largest absolute Gasteiger partial charge is 0.256 e. The predicted molar refractivity (Wildman–Crippen MR) is 48.4 cm³/mol. The number of hydrogen-bond acceptors (Lipinski definition) is 2. The highest BCUT2D eigenvalue weighted by Gasteiger charge is 2.14. The van der Waals surface area contributed by atoms with Crippen LogP contribution in [0, 0.1) is 0 Å². The second-order valence-corrected chi connectivity index (χ2v) is 2.79. The molecule has 1 aromatic rings. The molecule has 0 spiro atoms. The van der Waals surface area contributed by atoms with Gasteiger partial charge in [-0.05, 0) is 15.9 Å². The average Bonchev–Trinajstić information content (AvgIpc) is 2.14. The van der Waals surface area contributed by atoms with E-state index in [9.17, 15) is 0 Å². The maximum atomic E-state index is 7.47. The highest BCUT2D eigenvalue weighted by atomic mass is 79.9. The summed E-state index contributed by atoms with van der Waals surface area (Å²) in [5, 5.41) is 0. The number of hydrogen-bond donors (Lipinski definition) is 0. The lowest BCUT2D eigenvalue weighted by Crippen LogP contribution is -2.13. The van der Waals surface area contributed by atoms with Gasteiger partial charge in [-0.3, -0.25) is 4.98 Å². The standard InChI is InChI=1S/C8H11BrN2/c1-8(2,3)6-4-11-7(9)5-10-6/h4-5H,1-3H3/i1D3,2D3,3D3. The Kier molecular flexibility index (Phi) is 0.663. The lowest BCUT2D eigenvalue weighted by Gasteiger charge is -2.16.